The molecule has 4 fully saturated rings. The average molecular weight is 503 g/mol. The van der Waals surface area contributed by atoms with Gasteiger partial charge in [0.2, 0.25) is 0 Å². The Bertz CT molecular complexity index is 732. The number of aliphatic hydroxyl groups is 1. The van der Waals surface area contributed by atoms with Gasteiger partial charge >= 0.3 is 5.97 Å². The van der Waals surface area contributed by atoms with Crippen molar-refractivity contribution >= 4 is 5.97 Å². The fourth-order valence-electron chi connectivity index (χ4n) is 10.5. The first-order valence-electron chi connectivity index (χ1n) is 15.9. The van der Waals surface area contributed by atoms with E-state index >= 15 is 0 Å². The zero-order chi connectivity index (χ0) is 26.1. The second-order valence-corrected chi connectivity index (χ2v) is 14.6. The molecule has 3 nitrogen and oxygen atoms in total. The van der Waals surface area contributed by atoms with Crippen molar-refractivity contribution in [1.82, 2.24) is 0 Å². The molecule has 1 N–H and O–H groups in total. The standard InChI is InChI=1S/C33H58O3/c1-7-24(22(2)3)11-10-23(4)28-14-15-29-27-13-12-25-21-26(36-31(35)9-8-20-34)16-18-32(25,5)30(27)17-19-33(28,29)6/h22-30,34H,7-21H2,1-6H3/t23-,24-,25?,26+,27+,28-,29+,30+,32+,33-/m1/s1. The minimum absolute atomic E-state index is 0.0699. The highest BCUT2D eigenvalue weighted by Crippen LogP contribution is 2.68. The van der Waals surface area contributed by atoms with Crippen LogP contribution in [0.25, 0.3) is 0 Å². The fourth-order valence-corrected chi connectivity index (χ4v) is 10.5. The molecule has 0 radical (unpaired) electrons. The van der Waals surface area contributed by atoms with Crippen molar-refractivity contribution < 1.29 is 14.6 Å². The molecule has 0 saturated heterocycles. The number of rotatable bonds is 10. The van der Waals surface area contributed by atoms with E-state index in [0.717, 1.165) is 54.3 Å². The minimum Gasteiger partial charge on any atom is -0.462 e. The third-order valence-electron chi connectivity index (χ3n) is 12.7. The molecular formula is C33H58O3. The Morgan fingerprint density at radius 2 is 1.67 bits per heavy atom. The van der Waals surface area contributed by atoms with Crippen LogP contribution in [0, 0.1) is 58.2 Å². The van der Waals surface area contributed by atoms with Gasteiger partial charge in [-0.25, -0.2) is 0 Å². The monoisotopic (exact) mass is 502 g/mol. The van der Waals surface area contributed by atoms with Crippen molar-refractivity contribution in [3.05, 3.63) is 0 Å². The average Bonchev–Trinajstić information content (AvgIpc) is 3.20. The van der Waals surface area contributed by atoms with E-state index in [1.54, 1.807) is 0 Å². The highest BCUT2D eigenvalue weighted by Gasteiger charge is 2.60. The molecule has 1 unspecified atom stereocenters. The topological polar surface area (TPSA) is 46.5 Å². The number of esters is 1. The Balaban J connectivity index is 1.38. The second-order valence-electron chi connectivity index (χ2n) is 14.6. The molecule has 0 aliphatic heterocycles. The van der Waals surface area contributed by atoms with Crippen LogP contribution >= 0.6 is 0 Å². The van der Waals surface area contributed by atoms with Crippen LogP contribution in [0.5, 0.6) is 0 Å². The smallest absolute Gasteiger partial charge is 0.306 e. The van der Waals surface area contributed by atoms with E-state index in [2.05, 4.69) is 41.5 Å². The molecule has 3 heteroatoms. The number of fused-ring (bicyclic) bond motifs is 5. The molecule has 10 atom stereocenters. The summed E-state index contributed by atoms with van der Waals surface area (Å²) in [7, 11) is 0. The van der Waals surface area contributed by atoms with E-state index in [4.69, 9.17) is 9.84 Å². The van der Waals surface area contributed by atoms with Gasteiger partial charge in [-0.15, -0.1) is 0 Å². The van der Waals surface area contributed by atoms with Crippen molar-refractivity contribution in [2.75, 3.05) is 6.61 Å². The van der Waals surface area contributed by atoms with E-state index in [9.17, 15) is 4.79 Å². The molecule has 4 saturated carbocycles. The minimum atomic E-state index is -0.107. The summed E-state index contributed by atoms with van der Waals surface area (Å²) < 4.78 is 5.86. The molecule has 0 spiro atoms. The van der Waals surface area contributed by atoms with Gasteiger partial charge in [0.15, 0.2) is 0 Å². The lowest BCUT2D eigenvalue weighted by Gasteiger charge is -2.61. The number of ether oxygens (including phenoxy) is 1. The molecule has 0 aromatic heterocycles. The van der Waals surface area contributed by atoms with Gasteiger partial charge in [0, 0.05) is 13.0 Å². The number of hydrogen-bond donors (Lipinski definition) is 1. The van der Waals surface area contributed by atoms with Gasteiger partial charge in [0.05, 0.1) is 0 Å². The normalized spacial score (nSPS) is 41.8. The first kappa shape index (κ1) is 28.4. The molecule has 0 aromatic rings. The molecule has 208 valence electrons. The van der Waals surface area contributed by atoms with Gasteiger partial charge in [-0.2, -0.15) is 0 Å². The third kappa shape index (κ3) is 5.43. The summed E-state index contributed by atoms with van der Waals surface area (Å²) in [6, 6.07) is 0. The highest BCUT2D eigenvalue weighted by atomic mass is 16.5. The van der Waals surface area contributed by atoms with Gasteiger partial charge in [0.1, 0.15) is 6.10 Å². The van der Waals surface area contributed by atoms with Crippen LogP contribution in [0.1, 0.15) is 131 Å². The van der Waals surface area contributed by atoms with Crippen LogP contribution < -0.4 is 0 Å². The molecule has 4 aliphatic carbocycles. The summed E-state index contributed by atoms with van der Waals surface area (Å²) in [6.45, 7) is 15.2. The molecule has 36 heavy (non-hydrogen) atoms. The molecule has 0 bridgehead atoms. The Morgan fingerprint density at radius 3 is 2.36 bits per heavy atom. The highest BCUT2D eigenvalue weighted by molar-refractivity contribution is 5.69. The van der Waals surface area contributed by atoms with Gasteiger partial charge in [-0.1, -0.05) is 54.4 Å². The predicted octanol–water partition coefficient (Wildman–Crippen LogP) is 8.43. The Morgan fingerprint density at radius 1 is 0.944 bits per heavy atom. The molecule has 4 aliphatic rings. The first-order valence-corrected chi connectivity index (χ1v) is 15.9. The van der Waals surface area contributed by atoms with E-state index in [-0.39, 0.29) is 18.7 Å². The van der Waals surface area contributed by atoms with Crippen LogP contribution in [0.3, 0.4) is 0 Å². The zero-order valence-corrected chi connectivity index (χ0v) is 24.6. The largest absolute Gasteiger partial charge is 0.462 e. The van der Waals surface area contributed by atoms with Crippen LogP contribution in [-0.4, -0.2) is 23.8 Å². The van der Waals surface area contributed by atoms with Crippen molar-refractivity contribution in [1.29, 1.82) is 0 Å². The lowest BCUT2D eigenvalue weighted by Crippen LogP contribution is -2.54. The maximum Gasteiger partial charge on any atom is 0.306 e. The molecule has 0 aromatic carbocycles. The van der Waals surface area contributed by atoms with Gasteiger partial charge < -0.3 is 9.84 Å². The summed E-state index contributed by atoms with van der Waals surface area (Å²) in [5, 5.41) is 9.02. The summed E-state index contributed by atoms with van der Waals surface area (Å²) in [6.07, 6.45) is 17.1. The molecular weight excluding hydrogens is 444 g/mol. The summed E-state index contributed by atoms with van der Waals surface area (Å²) in [5.41, 5.74) is 0.996. The number of carbonyl (C=O) groups excluding carboxylic acids is 1. The molecule has 0 amide bonds. The van der Waals surface area contributed by atoms with E-state index in [0.29, 0.717) is 29.6 Å². The molecule has 0 heterocycles. The SMILES string of the molecule is CC[C@H](CC[C@@H](C)[C@H]1CC[C@H]2[C@@H]3CCC4C[C@@H](OC(=O)CCCO)CC[C@]4(C)[C@H]3CC[C@]12C)C(C)C. The number of hydrogen-bond acceptors (Lipinski definition) is 3. The van der Waals surface area contributed by atoms with Crippen molar-refractivity contribution in [3.8, 4) is 0 Å². The summed E-state index contributed by atoms with van der Waals surface area (Å²) in [4.78, 5) is 12.2. The van der Waals surface area contributed by atoms with Gasteiger partial charge in [-0.3, -0.25) is 4.79 Å². The van der Waals surface area contributed by atoms with E-state index < -0.39 is 0 Å². The maximum atomic E-state index is 12.2. The maximum absolute atomic E-state index is 12.2. The quantitative estimate of drug-likeness (QED) is 0.305. The Labute approximate surface area is 222 Å². The van der Waals surface area contributed by atoms with Crippen LogP contribution in [0.2, 0.25) is 0 Å². The predicted molar refractivity (Wildman–Crippen MR) is 148 cm³/mol. The lowest BCUT2D eigenvalue weighted by molar-refractivity contribution is -0.163. The Kier molecular flexibility index (Phi) is 9.22. The third-order valence-corrected chi connectivity index (χ3v) is 12.7. The van der Waals surface area contributed by atoms with Crippen LogP contribution in [0.4, 0.5) is 0 Å². The first-order chi connectivity index (χ1) is 17.1. The number of aliphatic hydroxyl groups excluding tert-OH is 1. The second kappa shape index (κ2) is 11.7. The van der Waals surface area contributed by atoms with Crippen LogP contribution in [0.15, 0.2) is 0 Å². The van der Waals surface area contributed by atoms with Gasteiger partial charge in [0.25, 0.3) is 0 Å². The fraction of sp³-hybridized carbons (Fsp3) is 0.970. The van der Waals surface area contributed by atoms with E-state index in [1.165, 1.54) is 64.2 Å². The zero-order valence-electron chi connectivity index (χ0n) is 24.6. The lowest BCUT2D eigenvalue weighted by atomic mass is 9.44. The van der Waals surface area contributed by atoms with Crippen molar-refractivity contribution in [2.45, 2.75) is 138 Å². The Hall–Kier alpha value is -0.570. The summed E-state index contributed by atoms with van der Waals surface area (Å²) in [5.74, 6) is 6.84. The summed E-state index contributed by atoms with van der Waals surface area (Å²) >= 11 is 0. The molecule has 4 rings (SSSR count). The van der Waals surface area contributed by atoms with Crippen molar-refractivity contribution in [2.24, 2.45) is 58.2 Å². The van der Waals surface area contributed by atoms with E-state index in [1.807, 2.05) is 0 Å². The number of carbonyl (C=O) groups is 1. The van der Waals surface area contributed by atoms with Gasteiger partial charge in [-0.05, 0) is 129 Å². The van der Waals surface area contributed by atoms with Crippen LogP contribution in [-0.2, 0) is 9.53 Å². The van der Waals surface area contributed by atoms with Crippen molar-refractivity contribution in [3.63, 3.8) is 0 Å².